The summed E-state index contributed by atoms with van der Waals surface area (Å²) in [4.78, 5) is 5.02. The first-order chi connectivity index (χ1) is 7.26. The van der Waals surface area contributed by atoms with E-state index >= 15 is 0 Å². The maximum absolute atomic E-state index is 3.59. The fraction of sp³-hybridized carbons (Fsp3) is 1.00. The summed E-state index contributed by atoms with van der Waals surface area (Å²) in [5.74, 6) is 0. The minimum absolute atomic E-state index is 0.698. The van der Waals surface area contributed by atoms with E-state index in [0.29, 0.717) is 6.04 Å². The number of piperazine rings is 1. The molecule has 0 aromatic heterocycles. The second kappa shape index (κ2) is 7.20. The Morgan fingerprint density at radius 2 is 1.80 bits per heavy atom. The SMILES string of the molecule is CCCC(CN1CCN(C)CC1)NCC. The van der Waals surface area contributed by atoms with Gasteiger partial charge in [0.25, 0.3) is 0 Å². The topological polar surface area (TPSA) is 18.5 Å². The summed E-state index contributed by atoms with van der Waals surface area (Å²) in [6.07, 6.45) is 2.59. The highest BCUT2D eigenvalue weighted by molar-refractivity contribution is 4.75. The third-order valence-electron chi connectivity index (χ3n) is 3.20. The van der Waals surface area contributed by atoms with E-state index in [-0.39, 0.29) is 0 Å². The Hall–Kier alpha value is -0.120. The van der Waals surface area contributed by atoms with Gasteiger partial charge in [0.1, 0.15) is 0 Å². The van der Waals surface area contributed by atoms with Crippen LogP contribution in [-0.2, 0) is 0 Å². The van der Waals surface area contributed by atoms with Crippen LogP contribution in [0.2, 0.25) is 0 Å². The van der Waals surface area contributed by atoms with Gasteiger partial charge in [0, 0.05) is 38.8 Å². The van der Waals surface area contributed by atoms with Crippen molar-refractivity contribution in [2.75, 3.05) is 46.3 Å². The molecule has 1 fully saturated rings. The number of nitrogens with one attached hydrogen (secondary N) is 1. The van der Waals surface area contributed by atoms with Crippen LogP contribution in [0.1, 0.15) is 26.7 Å². The molecule has 90 valence electrons. The molecule has 0 spiro atoms. The summed E-state index contributed by atoms with van der Waals surface area (Å²) >= 11 is 0. The molecule has 1 heterocycles. The molecule has 0 aromatic rings. The molecule has 15 heavy (non-hydrogen) atoms. The van der Waals surface area contributed by atoms with Crippen molar-refractivity contribution >= 4 is 0 Å². The Bertz CT molecular complexity index is 147. The molecule has 0 aliphatic carbocycles. The van der Waals surface area contributed by atoms with Crippen molar-refractivity contribution in [2.24, 2.45) is 0 Å². The molecule has 1 atom stereocenters. The average Bonchev–Trinajstić information content (AvgIpc) is 2.22. The van der Waals surface area contributed by atoms with E-state index in [1.165, 1.54) is 45.6 Å². The smallest absolute Gasteiger partial charge is 0.0194 e. The summed E-state index contributed by atoms with van der Waals surface area (Å²) < 4.78 is 0. The molecule has 1 aliphatic heterocycles. The Labute approximate surface area is 94.8 Å². The normalized spacial score (nSPS) is 21.8. The van der Waals surface area contributed by atoms with Crippen LogP contribution in [0.25, 0.3) is 0 Å². The van der Waals surface area contributed by atoms with E-state index in [0.717, 1.165) is 6.54 Å². The van der Waals surface area contributed by atoms with Crippen LogP contribution in [0.5, 0.6) is 0 Å². The van der Waals surface area contributed by atoms with Gasteiger partial charge in [-0.1, -0.05) is 20.3 Å². The van der Waals surface area contributed by atoms with Crippen molar-refractivity contribution in [3.8, 4) is 0 Å². The quantitative estimate of drug-likeness (QED) is 0.710. The summed E-state index contributed by atoms with van der Waals surface area (Å²) in [5, 5.41) is 3.59. The minimum Gasteiger partial charge on any atom is -0.313 e. The van der Waals surface area contributed by atoms with Crippen molar-refractivity contribution in [3.63, 3.8) is 0 Å². The van der Waals surface area contributed by atoms with Crippen molar-refractivity contribution in [2.45, 2.75) is 32.7 Å². The van der Waals surface area contributed by atoms with Crippen molar-refractivity contribution in [1.29, 1.82) is 0 Å². The van der Waals surface area contributed by atoms with Crippen LogP contribution >= 0.6 is 0 Å². The van der Waals surface area contributed by atoms with Crippen molar-refractivity contribution < 1.29 is 0 Å². The van der Waals surface area contributed by atoms with Gasteiger partial charge in [-0.3, -0.25) is 4.90 Å². The van der Waals surface area contributed by atoms with Crippen LogP contribution in [0, 0.1) is 0 Å². The van der Waals surface area contributed by atoms with Gasteiger partial charge >= 0.3 is 0 Å². The molecular weight excluding hydrogens is 186 g/mol. The van der Waals surface area contributed by atoms with Crippen molar-refractivity contribution in [1.82, 2.24) is 15.1 Å². The van der Waals surface area contributed by atoms with E-state index < -0.39 is 0 Å². The fourth-order valence-corrected chi connectivity index (χ4v) is 2.24. The maximum atomic E-state index is 3.59. The lowest BCUT2D eigenvalue weighted by molar-refractivity contribution is 0.140. The first kappa shape index (κ1) is 12.9. The van der Waals surface area contributed by atoms with Gasteiger partial charge in [0.15, 0.2) is 0 Å². The fourth-order valence-electron chi connectivity index (χ4n) is 2.24. The number of hydrogen-bond acceptors (Lipinski definition) is 3. The van der Waals surface area contributed by atoms with Crippen LogP contribution < -0.4 is 5.32 Å². The minimum atomic E-state index is 0.698. The highest BCUT2D eigenvalue weighted by Gasteiger charge is 2.17. The summed E-state index contributed by atoms with van der Waals surface area (Å²) in [6.45, 7) is 11.7. The Kier molecular flexibility index (Phi) is 6.22. The highest BCUT2D eigenvalue weighted by atomic mass is 15.3. The number of nitrogens with zero attached hydrogens (tertiary/aromatic N) is 2. The Morgan fingerprint density at radius 1 is 1.13 bits per heavy atom. The standard InChI is InChI=1S/C12H27N3/c1-4-6-12(13-5-2)11-15-9-7-14(3)8-10-15/h12-13H,4-11H2,1-3H3. The summed E-state index contributed by atoms with van der Waals surface area (Å²) in [7, 11) is 2.21. The van der Waals surface area contributed by atoms with Crippen LogP contribution in [0.15, 0.2) is 0 Å². The second-order valence-electron chi connectivity index (χ2n) is 4.65. The average molecular weight is 213 g/mol. The van der Waals surface area contributed by atoms with Crippen LogP contribution in [0.3, 0.4) is 0 Å². The lowest BCUT2D eigenvalue weighted by atomic mass is 10.1. The second-order valence-corrected chi connectivity index (χ2v) is 4.65. The van der Waals surface area contributed by atoms with E-state index in [1.807, 2.05) is 0 Å². The number of hydrogen-bond donors (Lipinski definition) is 1. The monoisotopic (exact) mass is 213 g/mol. The van der Waals surface area contributed by atoms with Crippen LogP contribution in [0.4, 0.5) is 0 Å². The van der Waals surface area contributed by atoms with E-state index in [9.17, 15) is 0 Å². The third-order valence-corrected chi connectivity index (χ3v) is 3.20. The number of likely N-dealkylation sites (N-methyl/N-ethyl adjacent to an activating group) is 2. The zero-order valence-corrected chi connectivity index (χ0v) is 10.6. The molecule has 1 saturated heterocycles. The third kappa shape index (κ3) is 4.96. The molecule has 1 aliphatic rings. The van der Waals surface area contributed by atoms with Gasteiger partial charge in [0.2, 0.25) is 0 Å². The van der Waals surface area contributed by atoms with E-state index in [4.69, 9.17) is 0 Å². The predicted molar refractivity (Wildman–Crippen MR) is 66.3 cm³/mol. The molecule has 0 radical (unpaired) electrons. The lowest BCUT2D eigenvalue weighted by Crippen LogP contribution is -2.49. The maximum Gasteiger partial charge on any atom is 0.0194 e. The Balaban J connectivity index is 2.24. The highest BCUT2D eigenvalue weighted by Crippen LogP contribution is 2.04. The molecule has 3 heteroatoms. The molecule has 1 N–H and O–H groups in total. The zero-order chi connectivity index (χ0) is 11.1. The van der Waals surface area contributed by atoms with Crippen molar-refractivity contribution in [3.05, 3.63) is 0 Å². The molecule has 0 saturated carbocycles. The van der Waals surface area contributed by atoms with Gasteiger partial charge in [-0.25, -0.2) is 0 Å². The van der Waals surface area contributed by atoms with Gasteiger partial charge in [-0.05, 0) is 20.0 Å². The summed E-state index contributed by atoms with van der Waals surface area (Å²) in [5.41, 5.74) is 0. The molecule has 1 rings (SSSR count). The van der Waals surface area contributed by atoms with E-state index in [1.54, 1.807) is 0 Å². The predicted octanol–water partition coefficient (Wildman–Crippen LogP) is 1.01. The Morgan fingerprint density at radius 3 is 2.33 bits per heavy atom. The van der Waals surface area contributed by atoms with E-state index in [2.05, 4.69) is 36.0 Å². The molecule has 0 aromatic carbocycles. The first-order valence-electron chi connectivity index (χ1n) is 6.40. The molecule has 0 bridgehead atoms. The van der Waals surface area contributed by atoms with Gasteiger partial charge < -0.3 is 10.2 Å². The molecular formula is C12H27N3. The number of rotatable bonds is 6. The first-order valence-corrected chi connectivity index (χ1v) is 6.40. The molecule has 0 amide bonds. The van der Waals surface area contributed by atoms with Gasteiger partial charge in [0.05, 0.1) is 0 Å². The zero-order valence-electron chi connectivity index (χ0n) is 10.6. The molecule has 1 unspecified atom stereocenters. The van der Waals surface area contributed by atoms with Crippen LogP contribution in [-0.4, -0.2) is 62.2 Å². The molecule has 3 nitrogen and oxygen atoms in total. The van der Waals surface area contributed by atoms with Gasteiger partial charge in [-0.15, -0.1) is 0 Å². The van der Waals surface area contributed by atoms with Gasteiger partial charge in [-0.2, -0.15) is 0 Å². The largest absolute Gasteiger partial charge is 0.313 e. The summed E-state index contributed by atoms with van der Waals surface area (Å²) in [6, 6.07) is 0.698. The lowest BCUT2D eigenvalue weighted by Gasteiger charge is -2.34.